The van der Waals surface area contributed by atoms with Gasteiger partial charge < -0.3 is 21.0 Å². The molecule has 0 aliphatic heterocycles. The van der Waals surface area contributed by atoms with Crippen LogP contribution in [0, 0.1) is 0 Å². The Morgan fingerprint density at radius 3 is 2.76 bits per heavy atom. The van der Waals surface area contributed by atoms with Crippen molar-refractivity contribution in [1.82, 2.24) is 5.32 Å². The van der Waals surface area contributed by atoms with E-state index in [4.69, 9.17) is 15.7 Å². The monoisotopic (exact) mass is 243 g/mol. The van der Waals surface area contributed by atoms with E-state index in [1.807, 2.05) is 0 Å². The Bertz CT molecular complexity index is 282. The zero-order chi connectivity index (χ0) is 12.7. The quantitative estimate of drug-likeness (QED) is 0.200. The Kier molecular flexibility index (Phi) is 5.21. The Balaban J connectivity index is 2.13. The molecule has 0 bridgehead atoms. The van der Waals surface area contributed by atoms with Crippen LogP contribution < -0.4 is 11.1 Å². The number of hydrogen-bond donors (Lipinski definition) is 3. The number of hydrogen-bond acceptors (Lipinski definition) is 4. The van der Waals surface area contributed by atoms with Crippen LogP contribution in [0.25, 0.3) is 0 Å². The first-order valence-corrected chi connectivity index (χ1v) is 5.90. The molecular formula is C11H21N3O3. The van der Waals surface area contributed by atoms with Crippen molar-refractivity contribution >= 4 is 11.7 Å². The van der Waals surface area contributed by atoms with Gasteiger partial charge in [0.05, 0.1) is 12.0 Å². The van der Waals surface area contributed by atoms with Gasteiger partial charge in [-0.2, -0.15) is 0 Å². The number of carbonyl (C=O) groups excluding carboxylic acids is 1. The molecule has 0 atom stereocenters. The van der Waals surface area contributed by atoms with Crippen molar-refractivity contribution in [2.75, 3.05) is 13.7 Å². The third-order valence-electron chi connectivity index (χ3n) is 3.24. The molecule has 1 amide bonds. The van der Waals surface area contributed by atoms with Crippen molar-refractivity contribution < 1.29 is 14.7 Å². The second kappa shape index (κ2) is 6.44. The number of methoxy groups -OCH3 is 1. The molecule has 0 aromatic carbocycles. The number of nitrogens with one attached hydrogen (secondary N) is 1. The molecule has 1 aliphatic carbocycles. The van der Waals surface area contributed by atoms with Crippen LogP contribution in [0.3, 0.4) is 0 Å². The van der Waals surface area contributed by atoms with Gasteiger partial charge in [-0.3, -0.25) is 4.79 Å². The molecule has 0 unspecified atom stereocenters. The number of amides is 1. The molecule has 6 heteroatoms. The SMILES string of the molecule is COC1(CC(=O)NCCCC(N)=NO)CCC1. The van der Waals surface area contributed by atoms with E-state index in [1.54, 1.807) is 7.11 Å². The molecule has 1 rings (SSSR count). The lowest BCUT2D eigenvalue weighted by atomic mass is 9.77. The summed E-state index contributed by atoms with van der Waals surface area (Å²) in [6.45, 7) is 0.537. The highest BCUT2D eigenvalue weighted by atomic mass is 16.5. The minimum absolute atomic E-state index is 0.00561. The summed E-state index contributed by atoms with van der Waals surface area (Å²) in [6.07, 6.45) is 4.62. The predicted molar refractivity (Wildman–Crippen MR) is 63.9 cm³/mol. The maximum Gasteiger partial charge on any atom is 0.222 e. The van der Waals surface area contributed by atoms with Crippen LogP contribution >= 0.6 is 0 Å². The summed E-state index contributed by atoms with van der Waals surface area (Å²) in [5.41, 5.74) is 5.08. The first kappa shape index (κ1) is 13.8. The van der Waals surface area contributed by atoms with Gasteiger partial charge in [0.1, 0.15) is 5.84 Å². The maximum absolute atomic E-state index is 11.6. The molecule has 1 aliphatic rings. The number of rotatable bonds is 7. The molecule has 1 saturated carbocycles. The fourth-order valence-corrected chi connectivity index (χ4v) is 1.93. The van der Waals surface area contributed by atoms with E-state index in [0.717, 1.165) is 19.3 Å². The van der Waals surface area contributed by atoms with Gasteiger partial charge in [0.2, 0.25) is 5.91 Å². The topological polar surface area (TPSA) is 96.9 Å². The first-order valence-electron chi connectivity index (χ1n) is 5.90. The fraction of sp³-hybridized carbons (Fsp3) is 0.818. The van der Waals surface area contributed by atoms with Gasteiger partial charge in [0.15, 0.2) is 0 Å². The summed E-state index contributed by atoms with van der Waals surface area (Å²) in [7, 11) is 1.66. The van der Waals surface area contributed by atoms with Crippen LogP contribution in [-0.4, -0.2) is 36.2 Å². The Hall–Kier alpha value is -1.30. The van der Waals surface area contributed by atoms with Gasteiger partial charge in [0.25, 0.3) is 0 Å². The third kappa shape index (κ3) is 4.22. The number of ether oxygens (including phenoxy) is 1. The largest absolute Gasteiger partial charge is 0.409 e. The summed E-state index contributed by atoms with van der Waals surface area (Å²) in [5, 5.41) is 14.0. The van der Waals surface area contributed by atoms with Crippen LogP contribution in [-0.2, 0) is 9.53 Å². The average Bonchev–Trinajstić information content (AvgIpc) is 2.29. The highest BCUT2D eigenvalue weighted by Gasteiger charge is 2.38. The van der Waals surface area contributed by atoms with E-state index in [-0.39, 0.29) is 17.3 Å². The number of nitrogens with two attached hydrogens (primary N) is 1. The van der Waals surface area contributed by atoms with Gasteiger partial charge in [-0.15, -0.1) is 0 Å². The summed E-state index contributed by atoms with van der Waals surface area (Å²) in [6, 6.07) is 0. The van der Waals surface area contributed by atoms with Crippen LogP contribution in [0.5, 0.6) is 0 Å². The molecule has 98 valence electrons. The van der Waals surface area contributed by atoms with Gasteiger partial charge in [-0.25, -0.2) is 0 Å². The van der Waals surface area contributed by atoms with Crippen molar-refractivity contribution in [2.45, 2.75) is 44.1 Å². The molecule has 0 saturated heterocycles. The summed E-state index contributed by atoms with van der Waals surface area (Å²) >= 11 is 0. The van der Waals surface area contributed by atoms with Crippen LogP contribution in [0.2, 0.25) is 0 Å². The smallest absolute Gasteiger partial charge is 0.222 e. The first-order chi connectivity index (χ1) is 8.12. The molecule has 0 radical (unpaired) electrons. The van der Waals surface area contributed by atoms with Crippen LogP contribution in [0.4, 0.5) is 0 Å². The Morgan fingerprint density at radius 2 is 2.29 bits per heavy atom. The minimum atomic E-state index is -0.227. The van der Waals surface area contributed by atoms with Crippen molar-refractivity contribution in [3.8, 4) is 0 Å². The van der Waals surface area contributed by atoms with Crippen molar-refractivity contribution in [3.63, 3.8) is 0 Å². The number of carbonyl (C=O) groups is 1. The van der Waals surface area contributed by atoms with Crippen molar-refractivity contribution in [2.24, 2.45) is 10.9 Å². The van der Waals surface area contributed by atoms with Gasteiger partial charge in [-0.1, -0.05) is 5.16 Å². The summed E-state index contributed by atoms with van der Waals surface area (Å²) < 4.78 is 5.37. The van der Waals surface area contributed by atoms with Crippen LogP contribution in [0.15, 0.2) is 5.16 Å². The fourth-order valence-electron chi connectivity index (χ4n) is 1.93. The zero-order valence-corrected chi connectivity index (χ0v) is 10.2. The predicted octanol–water partition coefficient (Wildman–Crippen LogP) is 0.588. The standard InChI is InChI=1S/C11H21N3O3/c1-17-11(5-3-6-11)8-10(15)13-7-2-4-9(12)14-16/h16H,2-8H2,1H3,(H2,12,14)(H,13,15). The minimum Gasteiger partial charge on any atom is -0.409 e. The van der Waals surface area contributed by atoms with Crippen molar-refractivity contribution in [3.05, 3.63) is 0 Å². The summed E-state index contributed by atoms with van der Waals surface area (Å²) in [4.78, 5) is 11.6. The molecule has 4 N–H and O–H groups in total. The van der Waals surface area contributed by atoms with Crippen molar-refractivity contribution in [1.29, 1.82) is 0 Å². The molecule has 0 spiro atoms. The van der Waals surface area contributed by atoms with Gasteiger partial charge in [-0.05, 0) is 25.7 Å². The Morgan fingerprint density at radius 1 is 1.59 bits per heavy atom. The number of amidine groups is 1. The van der Waals surface area contributed by atoms with Gasteiger partial charge >= 0.3 is 0 Å². The van der Waals surface area contributed by atoms with E-state index in [1.165, 1.54) is 0 Å². The lowest BCUT2D eigenvalue weighted by Crippen LogP contribution is -2.44. The third-order valence-corrected chi connectivity index (χ3v) is 3.24. The average molecular weight is 243 g/mol. The number of nitrogens with zero attached hydrogens (tertiary/aromatic N) is 1. The lowest BCUT2D eigenvalue weighted by molar-refractivity contribution is -0.134. The second-order valence-corrected chi connectivity index (χ2v) is 4.46. The highest BCUT2D eigenvalue weighted by Crippen LogP contribution is 2.37. The summed E-state index contributed by atoms with van der Waals surface area (Å²) in [5.74, 6) is 0.192. The van der Waals surface area contributed by atoms with E-state index >= 15 is 0 Å². The molecular weight excluding hydrogens is 222 g/mol. The normalized spacial score (nSPS) is 18.5. The van der Waals surface area contributed by atoms with E-state index in [2.05, 4.69) is 10.5 Å². The molecule has 0 heterocycles. The number of oxime groups is 1. The van der Waals surface area contributed by atoms with Gasteiger partial charge in [0, 0.05) is 20.1 Å². The van der Waals surface area contributed by atoms with E-state index in [9.17, 15) is 4.79 Å². The molecule has 1 fully saturated rings. The van der Waals surface area contributed by atoms with E-state index < -0.39 is 0 Å². The maximum atomic E-state index is 11.6. The molecule has 17 heavy (non-hydrogen) atoms. The lowest BCUT2D eigenvalue weighted by Gasteiger charge is -2.39. The second-order valence-electron chi connectivity index (χ2n) is 4.46. The van der Waals surface area contributed by atoms with Crippen LogP contribution in [0.1, 0.15) is 38.5 Å². The molecule has 6 nitrogen and oxygen atoms in total. The molecule has 0 aromatic heterocycles. The zero-order valence-electron chi connectivity index (χ0n) is 10.2. The molecule has 0 aromatic rings. The Labute approximate surface area is 101 Å². The van der Waals surface area contributed by atoms with E-state index in [0.29, 0.717) is 25.8 Å². The highest BCUT2D eigenvalue weighted by molar-refractivity contribution is 5.80.